The molecule has 5 heteroatoms. The molecule has 3 rings (SSSR count). The van der Waals surface area contributed by atoms with Crippen LogP contribution in [0.15, 0.2) is 30.3 Å². The first-order valence-electron chi connectivity index (χ1n) is 6.32. The van der Waals surface area contributed by atoms with Gasteiger partial charge in [0.05, 0.1) is 24.8 Å². The molecule has 0 bridgehead atoms. The Labute approximate surface area is 120 Å². The first-order chi connectivity index (χ1) is 10.1. The maximum atomic E-state index is 12.5. The fourth-order valence-electron chi connectivity index (χ4n) is 2.59. The zero-order valence-corrected chi connectivity index (χ0v) is 11.2. The van der Waals surface area contributed by atoms with Crippen molar-refractivity contribution >= 4 is 11.6 Å². The maximum absolute atomic E-state index is 12.5. The van der Waals surface area contributed by atoms with E-state index in [1.54, 1.807) is 24.3 Å². The number of methoxy groups -OCH3 is 1. The summed E-state index contributed by atoms with van der Waals surface area (Å²) < 4.78 is 5.07. The highest BCUT2D eigenvalue weighted by Gasteiger charge is 2.34. The molecule has 0 saturated heterocycles. The third-order valence-electron chi connectivity index (χ3n) is 3.63. The summed E-state index contributed by atoms with van der Waals surface area (Å²) in [6.45, 7) is -0.495. The minimum Gasteiger partial charge on any atom is -0.507 e. The van der Waals surface area contributed by atoms with Crippen molar-refractivity contribution in [2.45, 2.75) is 6.61 Å². The number of carbonyl (C=O) groups excluding carboxylic acids is 2. The van der Waals surface area contributed by atoms with Crippen LogP contribution in [-0.4, -0.2) is 28.9 Å². The lowest BCUT2D eigenvalue weighted by atomic mass is 9.82. The minimum atomic E-state index is -0.495. The summed E-state index contributed by atoms with van der Waals surface area (Å²) in [5, 5.41) is 19.6. The molecule has 0 atom stereocenters. The monoisotopic (exact) mass is 284 g/mol. The van der Waals surface area contributed by atoms with E-state index in [1.807, 2.05) is 0 Å². The summed E-state index contributed by atoms with van der Waals surface area (Å²) in [7, 11) is 1.36. The van der Waals surface area contributed by atoms with Crippen molar-refractivity contribution in [2.24, 2.45) is 0 Å². The zero-order chi connectivity index (χ0) is 15.1. The summed E-state index contributed by atoms with van der Waals surface area (Å²) in [6.07, 6.45) is 0. The van der Waals surface area contributed by atoms with Gasteiger partial charge in [-0.1, -0.05) is 24.3 Å². The fourth-order valence-corrected chi connectivity index (χ4v) is 2.59. The number of benzene rings is 2. The molecule has 21 heavy (non-hydrogen) atoms. The van der Waals surface area contributed by atoms with Crippen molar-refractivity contribution < 1.29 is 24.5 Å². The van der Waals surface area contributed by atoms with Crippen LogP contribution in [-0.2, 0) is 6.61 Å². The maximum Gasteiger partial charge on any atom is 0.198 e. The Morgan fingerprint density at radius 3 is 2.24 bits per heavy atom. The van der Waals surface area contributed by atoms with Crippen molar-refractivity contribution in [1.82, 2.24) is 0 Å². The molecule has 0 heterocycles. The molecule has 2 aromatic carbocycles. The number of ether oxygens (including phenoxy) is 1. The zero-order valence-electron chi connectivity index (χ0n) is 11.2. The molecule has 1 aliphatic rings. The third-order valence-corrected chi connectivity index (χ3v) is 3.63. The fraction of sp³-hybridized carbons (Fsp3) is 0.125. The molecule has 0 aliphatic heterocycles. The molecule has 0 fully saturated rings. The van der Waals surface area contributed by atoms with E-state index in [0.29, 0.717) is 5.56 Å². The van der Waals surface area contributed by atoms with Crippen molar-refractivity contribution in [1.29, 1.82) is 0 Å². The van der Waals surface area contributed by atoms with Crippen LogP contribution in [0.5, 0.6) is 11.5 Å². The smallest absolute Gasteiger partial charge is 0.198 e. The van der Waals surface area contributed by atoms with Gasteiger partial charge in [-0.2, -0.15) is 0 Å². The van der Waals surface area contributed by atoms with E-state index in [1.165, 1.54) is 13.2 Å². The number of ketones is 2. The van der Waals surface area contributed by atoms with Crippen LogP contribution in [0.1, 0.15) is 37.4 Å². The Kier molecular flexibility index (Phi) is 2.99. The number of rotatable bonds is 2. The molecule has 0 aromatic heterocycles. The summed E-state index contributed by atoms with van der Waals surface area (Å²) in [5.74, 6) is -1.01. The molecule has 1 aliphatic carbocycles. The Hall–Kier alpha value is -2.66. The minimum absolute atomic E-state index is 0.0800. The molecule has 106 valence electrons. The van der Waals surface area contributed by atoms with Gasteiger partial charge in [-0.25, -0.2) is 0 Å². The first kappa shape index (κ1) is 13.3. The standard InChI is InChI=1S/C16H12O5/c1-21-12-6-10-13(16(20)11(12)7-17)15(19)9-5-3-2-4-8(9)14(10)18/h2-6,17,20H,7H2,1H3. The van der Waals surface area contributed by atoms with E-state index in [4.69, 9.17) is 4.74 Å². The van der Waals surface area contributed by atoms with Crippen LogP contribution in [0.2, 0.25) is 0 Å². The molecule has 0 radical (unpaired) electrons. The van der Waals surface area contributed by atoms with Crippen LogP contribution in [0.25, 0.3) is 0 Å². The lowest BCUT2D eigenvalue weighted by Gasteiger charge is -2.21. The number of fused-ring (bicyclic) bond motifs is 2. The molecule has 0 amide bonds. The molecule has 0 saturated carbocycles. The summed E-state index contributed by atoms with van der Waals surface area (Å²) in [6, 6.07) is 7.83. The number of hydrogen-bond acceptors (Lipinski definition) is 5. The van der Waals surface area contributed by atoms with Crippen LogP contribution in [0.4, 0.5) is 0 Å². The van der Waals surface area contributed by atoms with Crippen LogP contribution in [0, 0.1) is 0 Å². The number of phenols is 1. The van der Waals surface area contributed by atoms with E-state index < -0.39 is 18.1 Å². The average molecular weight is 284 g/mol. The van der Waals surface area contributed by atoms with Crippen LogP contribution in [0.3, 0.4) is 0 Å². The highest BCUT2D eigenvalue weighted by Crippen LogP contribution is 2.39. The SMILES string of the molecule is COc1cc2c(c(O)c1CO)C(=O)c1ccccc1C2=O. The van der Waals surface area contributed by atoms with Gasteiger partial charge >= 0.3 is 0 Å². The predicted molar refractivity (Wildman–Crippen MR) is 73.9 cm³/mol. The van der Waals surface area contributed by atoms with Gasteiger partial charge in [0, 0.05) is 16.7 Å². The third kappa shape index (κ3) is 1.75. The van der Waals surface area contributed by atoms with Gasteiger partial charge in [0.1, 0.15) is 11.5 Å². The summed E-state index contributed by atoms with van der Waals surface area (Å²) in [5.41, 5.74) is 0.651. The predicted octanol–water partition coefficient (Wildman–Crippen LogP) is 1.67. The number of hydrogen-bond donors (Lipinski definition) is 2. The normalized spacial score (nSPS) is 12.9. The molecule has 0 unspecified atom stereocenters. The molecule has 2 N–H and O–H groups in total. The van der Waals surface area contributed by atoms with Crippen molar-refractivity contribution in [3.05, 3.63) is 58.1 Å². The first-order valence-corrected chi connectivity index (χ1v) is 6.32. The second-order valence-electron chi connectivity index (χ2n) is 4.69. The Bertz CT molecular complexity index is 776. The average Bonchev–Trinajstić information content (AvgIpc) is 2.51. The van der Waals surface area contributed by atoms with E-state index >= 15 is 0 Å². The van der Waals surface area contributed by atoms with Crippen molar-refractivity contribution in [3.8, 4) is 11.5 Å². The van der Waals surface area contributed by atoms with E-state index in [-0.39, 0.29) is 33.8 Å². The summed E-state index contributed by atoms with van der Waals surface area (Å²) >= 11 is 0. The Morgan fingerprint density at radius 2 is 1.67 bits per heavy atom. The van der Waals surface area contributed by atoms with Gasteiger partial charge < -0.3 is 14.9 Å². The van der Waals surface area contributed by atoms with E-state index in [0.717, 1.165) is 0 Å². The van der Waals surface area contributed by atoms with E-state index in [2.05, 4.69) is 0 Å². The quantitative estimate of drug-likeness (QED) is 0.748. The number of aliphatic hydroxyl groups is 1. The largest absolute Gasteiger partial charge is 0.507 e. The Morgan fingerprint density at radius 1 is 1.05 bits per heavy atom. The number of aliphatic hydroxyl groups excluding tert-OH is 1. The highest BCUT2D eigenvalue weighted by molar-refractivity contribution is 6.29. The van der Waals surface area contributed by atoms with Gasteiger partial charge in [-0.05, 0) is 6.07 Å². The van der Waals surface area contributed by atoms with Crippen LogP contribution < -0.4 is 4.74 Å². The lowest BCUT2D eigenvalue weighted by molar-refractivity contribution is 0.0975. The van der Waals surface area contributed by atoms with Gasteiger partial charge in [0.2, 0.25) is 0 Å². The number of carbonyl (C=O) groups is 2. The lowest BCUT2D eigenvalue weighted by Crippen LogP contribution is -2.21. The second-order valence-corrected chi connectivity index (χ2v) is 4.69. The molecule has 5 nitrogen and oxygen atoms in total. The van der Waals surface area contributed by atoms with Gasteiger partial charge in [-0.15, -0.1) is 0 Å². The van der Waals surface area contributed by atoms with Crippen molar-refractivity contribution in [2.75, 3.05) is 7.11 Å². The van der Waals surface area contributed by atoms with Crippen LogP contribution >= 0.6 is 0 Å². The topological polar surface area (TPSA) is 83.8 Å². The molecular weight excluding hydrogens is 272 g/mol. The number of aromatic hydroxyl groups is 1. The van der Waals surface area contributed by atoms with E-state index in [9.17, 15) is 19.8 Å². The van der Waals surface area contributed by atoms with Gasteiger partial charge in [0.15, 0.2) is 11.6 Å². The Balaban J connectivity index is 2.35. The molecule has 2 aromatic rings. The second kappa shape index (κ2) is 4.71. The molecular formula is C16H12O5. The molecule has 0 spiro atoms. The highest BCUT2D eigenvalue weighted by atomic mass is 16.5. The van der Waals surface area contributed by atoms with Gasteiger partial charge in [0.25, 0.3) is 0 Å². The van der Waals surface area contributed by atoms with Gasteiger partial charge in [-0.3, -0.25) is 9.59 Å². The summed E-state index contributed by atoms with van der Waals surface area (Å²) in [4.78, 5) is 25.0. The van der Waals surface area contributed by atoms with Crippen molar-refractivity contribution in [3.63, 3.8) is 0 Å².